The Bertz CT molecular complexity index is 923. The molecule has 0 unspecified atom stereocenters. The molecule has 1 aliphatic rings. The molecule has 1 heterocycles. The van der Waals surface area contributed by atoms with Gasteiger partial charge in [-0.1, -0.05) is 54.3 Å². The molecule has 0 radical (unpaired) electrons. The normalized spacial score (nSPS) is 16.1. The lowest BCUT2D eigenvalue weighted by molar-refractivity contribution is -0.137. The highest BCUT2D eigenvalue weighted by atomic mass is 32.2. The zero-order valence-electron chi connectivity index (χ0n) is 13.4. The van der Waals surface area contributed by atoms with Crippen LogP contribution in [0.3, 0.4) is 0 Å². The molecule has 0 spiro atoms. The van der Waals surface area contributed by atoms with Crippen LogP contribution in [0.1, 0.15) is 11.1 Å². The second-order valence-electron chi connectivity index (χ2n) is 5.36. The van der Waals surface area contributed by atoms with Gasteiger partial charge in [0.2, 0.25) is 0 Å². The van der Waals surface area contributed by atoms with Crippen LogP contribution in [0.15, 0.2) is 47.4 Å². The highest BCUT2D eigenvalue weighted by Crippen LogP contribution is 2.40. The fourth-order valence-electron chi connectivity index (χ4n) is 2.56. The van der Waals surface area contributed by atoms with Crippen molar-refractivity contribution < 1.29 is 22.7 Å². The van der Waals surface area contributed by atoms with Crippen molar-refractivity contribution in [2.24, 2.45) is 0 Å². The molecular weight excluding hydrogens is 383 g/mol. The van der Waals surface area contributed by atoms with Crippen molar-refractivity contribution in [2.75, 3.05) is 7.11 Å². The molecule has 26 heavy (non-hydrogen) atoms. The summed E-state index contributed by atoms with van der Waals surface area (Å²) in [6, 6.07) is 10.1. The largest absolute Gasteiger partial charge is 0.496 e. The van der Waals surface area contributed by atoms with Crippen molar-refractivity contribution in [1.29, 1.82) is 0 Å². The van der Waals surface area contributed by atoms with Gasteiger partial charge in [0, 0.05) is 5.56 Å². The highest BCUT2D eigenvalue weighted by Gasteiger charge is 2.34. The number of amides is 1. The molecule has 1 N–H and O–H groups in total. The van der Waals surface area contributed by atoms with Crippen molar-refractivity contribution in [3.63, 3.8) is 0 Å². The van der Waals surface area contributed by atoms with E-state index >= 15 is 0 Å². The van der Waals surface area contributed by atoms with E-state index in [1.54, 1.807) is 30.3 Å². The van der Waals surface area contributed by atoms with Crippen LogP contribution in [0.25, 0.3) is 17.2 Å². The number of rotatable bonds is 3. The second kappa shape index (κ2) is 7.13. The number of carbonyl (C=O) groups is 1. The number of hydrogen-bond donors (Lipinski definition) is 1. The van der Waals surface area contributed by atoms with Gasteiger partial charge in [-0.05, 0) is 29.3 Å². The van der Waals surface area contributed by atoms with Gasteiger partial charge in [0.25, 0.3) is 5.91 Å². The van der Waals surface area contributed by atoms with Crippen molar-refractivity contribution in [3.8, 4) is 16.9 Å². The minimum Gasteiger partial charge on any atom is -0.496 e. The number of methoxy groups -OCH3 is 1. The summed E-state index contributed by atoms with van der Waals surface area (Å²) < 4.78 is 45.5. The van der Waals surface area contributed by atoms with Gasteiger partial charge in [-0.25, -0.2) is 0 Å². The lowest BCUT2D eigenvalue weighted by atomic mass is 9.97. The Morgan fingerprint density at radius 3 is 2.50 bits per heavy atom. The van der Waals surface area contributed by atoms with Gasteiger partial charge in [0.15, 0.2) is 0 Å². The second-order valence-corrected chi connectivity index (χ2v) is 7.07. The minimum atomic E-state index is -4.48. The summed E-state index contributed by atoms with van der Waals surface area (Å²) in [5.74, 6) is -0.0208. The lowest BCUT2D eigenvalue weighted by Crippen LogP contribution is -2.17. The number of carbonyl (C=O) groups excluding carboxylic acids is 1. The molecule has 8 heteroatoms. The predicted molar refractivity (Wildman–Crippen MR) is 99.7 cm³/mol. The van der Waals surface area contributed by atoms with E-state index in [-0.39, 0.29) is 17.2 Å². The molecule has 2 aromatic rings. The number of thioether (sulfide) groups is 1. The van der Waals surface area contributed by atoms with Crippen LogP contribution < -0.4 is 10.1 Å². The summed E-state index contributed by atoms with van der Waals surface area (Å²) in [4.78, 5) is 12.2. The van der Waals surface area contributed by atoms with E-state index in [1.807, 2.05) is 0 Å². The zero-order chi connectivity index (χ0) is 18.9. The first-order valence-corrected chi connectivity index (χ1v) is 8.61. The molecule has 1 amide bonds. The monoisotopic (exact) mass is 395 g/mol. The van der Waals surface area contributed by atoms with Crippen molar-refractivity contribution in [3.05, 3.63) is 58.5 Å². The Hall–Kier alpha value is -2.32. The van der Waals surface area contributed by atoms with Gasteiger partial charge in [-0.2, -0.15) is 13.2 Å². The van der Waals surface area contributed by atoms with Gasteiger partial charge >= 0.3 is 6.18 Å². The van der Waals surface area contributed by atoms with Crippen LogP contribution in [-0.2, 0) is 11.0 Å². The maximum atomic E-state index is 13.3. The van der Waals surface area contributed by atoms with E-state index in [4.69, 9.17) is 17.0 Å². The molecule has 0 bridgehead atoms. The number of benzene rings is 2. The maximum absolute atomic E-state index is 13.3. The van der Waals surface area contributed by atoms with Crippen molar-refractivity contribution in [1.82, 2.24) is 5.32 Å². The first-order chi connectivity index (χ1) is 12.3. The Kier molecular flexibility index (Phi) is 5.06. The Labute approximate surface area is 157 Å². The van der Waals surface area contributed by atoms with E-state index in [9.17, 15) is 18.0 Å². The molecule has 0 aromatic heterocycles. The SMILES string of the molecule is COc1cc(C=C2SC(=S)NC2=O)ccc1-c1ccccc1C(F)(F)F. The zero-order valence-corrected chi connectivity index (χ0v) is 15.0. The van der Waals surface area contributed by atoms with E-state index < -0.39 is 11.7 Å². The molecular formula is C18H12F3NO2S2. The molecule has 3 rings (SSSR count). The average molecular weight is 395 g/mol. The Balaban J connectivity index is 2.06. The van der Waals surface area contributed by atoms with Crippen LogP contribution in [-0.4, -0.2) is 17.3 Å². The summed E-state index contributed by atoms with van der Waals surface area (Å²) in [6.07, 6.45) is -2.86. The molecule has 0 aliphatic carbocycles. The third-order valence-corrected chi connectivity index (χ3v) is 4.85. The van der Waals surface area contributed by atoms with Crippen LogP contribution >= 0.6 is 24.0 Å². The fraction of sp³-hybridized carbons (Fsp3) is 0.111. The number of hydrogen-bond acceptors (Lipinski definition) is 4. The number of ether oxygens (including phenoxy) is 1. The van der Waals surface area contributed by atoms with E-state index in [2.05, 4.69) is 5.32 Å². The molecule has 134 valence electrons. The van der Waals surface area contributed by atoms with Crippen molar-refractivity contribution in [2.45, 2.75) is 6.18 Å². The first-order valence-electron chi connectivity index (χ1n) is 7.39. The van der Waals surface area contributed by atoms with Gasteiger partial charge in [-0.15, -0.1) is 0 Å². The number of thiocarbonyl (C=S) groups is 1. The minimum absolute atomic E-state index is 0.0326. The van der Waals surface area contributed by atoms with Gasteiger partial charge < -0.3 is 10.1 Å². The van der Waals surface area contributed by atoms with Crippen molar-refractivity contribution >= 4 is 40.3 Å². The summed E-state index contributed by atoms with van der Waals surface area (Å²) in [5.41, 5.74) is 0.241. The quantitative estimate of drug-likeness (QED) is 0.594. The third kappa shape index (κ3) is 3.76. The van der Waals surface area contributed by atoms with Crippen LogP contribution in [0.2, 0.25) is 0 Å². The third-order valence-electron chi connectivity index (χ3n) is 3.69. The molecule has 1 saturated heterocycles. The summed E-state index contributed by atoms with van der Waals surface area (Å²) >= 11 is 6.06. The number of nitrogens with one attached hydrogen (secondary N) is 1. The van der Waals surface area contributed by atoms with E-state index in [0.29, 0.717) is 20.4 Å². The van der Waals surface area contributed by atoms with Gasteiger partial charge in [0.1, 0.15) is 10.1 Å². The summed E-state index contributed by atoms with van der Waals surface area (Å²) in [5, 5.41) is 2.51. The molecule has 2 aromatic carbocycles. The Morgan fingerprint density at radius 1 is 1.15 bits per heavy atom. The standard InChI is InChI=1S/C18H12F3NO2S2/c1-24-14-8-10(9-15-16(23)22-17(25)26-15)6-7-12(14)11-4-2-3-5-13(11)18(19,20)21/h2-9H,1H3,(H,22,23,25). The van der Waals surface area contributed by atoms with E-state index in [0.717, 1.165) is 17.8 Å². The topological polar surface area (TPSA) is 38.3 Å². The molecule has 0 saturated carbocycles. The molecule has 1 aliphatic heterocycles. The fourth-order valence-corrected chi connectivity index (χ4v) is 3.60. The van der Waals surface area contributed by atoms with Crippen LogP contribution in [0.5, 0.6) is 5.75 Å². The van der Waals surface area contributed by atoms with E-state index in [1.165, 1.54) is 19.2 Å². The molecule has 0 atom stereocenters. The maximum Gasteiger partial charge on any atom is 0.417 e. The summed E-state index contributed by atoms with van der Waals surface area (Å²) in [7, 11) is 1.39. The number of halogens is 3. The molecule has 1 fully saturated rings. The first kappa shape index (κ1) is 18.5. The van der Waals surface area contributed by atoms with Crippen LogP contribution in [0, 0.1) is 0 Å². The smallest absolute Gasteiger partial charge is 0.417 e. The lowest BCUT2D eigenvalue weighted by Gasteiger charge is -2.15. The molecule has 3 nitrogen and oxygen atoms in total. The van der Waals surface area contributed by atoms with Gasteiger partial charge in [0.05, 0.1) is 17.6 Å². The Morgan fingerprint density at radius 2 is 1.88 bits per heavy atom. The average Bonchev–Trinajstić information content (AvgIpc) is 2.91. The number of alkyl halides is 3. The summed E-state index contributed by atoms with van der Waals surface area (Å²) in [6.45, 7) is 0. The van der Waals surface area contributed by atoms with Crippen LogP contribution in [0.4, 0.5) is 13.2 Å². The van der Waals surface area contributed by atoms with Gasteiger partial charge in [-0.3, -0.25) is 4.79 Å². The highest BCUT2D eigenvalue weighted by molar-refractivity contribution is 8.26. The predicted octanol–water partition coefficient (Wildman–Crippen LogP) is 4.87.